The van der Waals surface area contributed by atoms with Crippen LogP contribution >= 0.6 is 0 Å². The second-order valence-corrected chi connectivity index (χ2v) is 5.95. The van der Waals surface area contributed by atoms with Crippen molar-refractivity contribution in [1.82, 2.24) is 15.3 Å². The molecule has 20 heavy (non-hydrogen) atoms. The molecule has 0 aliphatic heterocycles. The maximum absolute atomic E-state index is 11.1. The van der Waals surface area contributed by atoms with Gasteiger partial charge in [-0.15, -0.1) is 0 Å². The van der Waals surface area contributed by atoms with Gasteiger partial charge in [0.25, 0.3) is 0 Å². The number of rotatable bonds is 5. The molecule has 1 aromatic carbocycles. The van der Waals surface area contributed by atoms with Gasteiger partial charge in [0.05, 0.1) is 10.6 Å². The van der Waals surface area contributed by atoms with Gasteiger partial charge in [-0.3, -0.25) is 0 Å². The number of primary sulfonamides is 1. The molecule has 2 rings (SSSR count). The average Bonchev–Trinajstić information content (AvgIpc) is 2.38. The van der Waals surface area contributed by atoms with Crippen LogP contribution < -0.4 is 10.5 Å². The van der Waals surface area contributed by atoms with E-state index in [1.54, 1.807) is 18.3 Å². The molecule has 0 fully saturated rings. The normalized spacial score (nSPS) is 11.5. The van der Waals surface area contributed by atoms with Gasteiger partial charge in [0.1, 0.15) is 5.82 Å². The minimum Gasteiger partial charge on any atom is -0.307 e. The summed E-state index contributed by atoms with van der Waals surface area (Å²) in [6, 6.07) is 8.32. The monoisotopic (exact) mass is 292 g/mol. The molecule has 0 radical (unpaired) electrons. The lowest BCUT2D eigenvalue weighted by Gasteiger charge is -2.06. The van der Waals surface area contributed by atoms with E-state index < -0.39 is 10.0 Å². The Labute approximate surface area is 118 Å². The van der Waals surface area contributed by atoms with Gasteiger partial charge in [-0.05, 0) is 30.7 Å². The van der Waals surface area contributed by atoms with Crippen LogP contribution in [0.2, 0.25) is 0 Å². The predicted octanol–water partition coefficient (Wildman–Crippen LogP) is 0.722. The number of benzene rings is 1. The summed E-state index contributed by atoms with van der Waals surface area (Å²) in [5, 5.41) is 8.27. The first-order chi connectivity index (χ1) is 9.45. The van der Waals surface area contributed by atoms with Gasteiger partial charge in [0.2, 0.25) is 10.0 Å². The summed E-state index contributed by atoms with van der Waals surface area (Å²) >= 11 is 0. The maximum Gasteiger partial charge on any atom is 0.238 e. The zero-order chi connectivity index (χ0) is 14.6. The van der Waals surface area contributed by atoms with E-state index in [0.29, 0.717) is 13.1 Å². The van der Waals surface area contributed by atoms with Crippen molar-refractivity contribution in [2.24, 2.45) is 5.14 Å². The van der Waals surface area contributed by atoms with Gasteiger partial charge in [-0.2, -0.15) is 0 Å². The maximum atomic E-state index is 11.1. The first-order valence-corrected chi connectivity index (χ1v) is 7.61. The highest BCUT2D eigenvalue weighted by atomic mass is 32.2. The molecular formula is C13H16N4O2S. The van der Waals surface area contributed by atoms with Crippen molar-refractivity contribution in [2.75, 3.05) is 0 Å². The first kappa shape index (κ1) is 14.6. The largest absolute Gasteiger partial charge is 0.307 e. The Hall–Kier alpha value is -1.83. The van der Waals surface area contributed by atoms with Crippen molar-refractivity contribution in [3.05, 3.63) is 53.6 Å². The molecule has 0 aliphatic carbocycles. The summed E-state index contributed by atoms with van der Waals surface area (Å²) in [7, 11) is -3.63. The standard InChI is InChI=1S/C13H16N4O2S/c1-10-16-7-6-12(17-10)9-15-8-11-2-4-13(5-3-11)20(14,18)19/h2-7,15H,8-9H2,1H3,(H2,14,18,19). The SMILES string of the molecule is Cc1nccc(CNCc2ccc(S(N)(=O)=O)cc2)n1. The minimum atomic E-state index is -3.63. The Morgan fingerprint density at radius 1 is 1.15 bits per heavy atom. The van der Waals surface area contributed by atoms with Crippen molar-refractivity contribution in [3.8, 4) is 0 Å². The molecule has 106 valence electrons. The molecule has 3 N–H and O–H groups in total. The number of aromatic nitrogens is 2. The van der Waals surface area contributed by atoms with Gasteiger partial charge in [-0.1, -0.05) is 12.1 Å². The van der Waals surface area contributed by atoms with Crippen molar-refractivity contribution in [3.63, 3.8) is 0 Å². The molecule has 0 saturated carbocycles. The van der Waals surface area contributed by atoms with Crippen molar-refractivity contribution in [2.45, 2.75) is 24.9 Å². The third kappa shape index (κ3) is 4.09. The predicted molar refractivity (Wildman–Crippen MR) is 75.1 cm³/mol. The van der Waals surface area contributed by atoms with Crippen LogP contribution in [0.15, 0.2) is 41.4 Å². The quantitative estimate of drug-likeness (QED) is 0.846. The number of aryl methyl sites for hydroxylation is 1. The second kappa shape index (κ2) is 6.08. The summed E-state index contributed by atoms with van der Waals surface area (Å²) in [5.41, 5.74) is 1.89. The van der Waals surface area contributed by atoms with Crippen molar-refractivity contribution < 1.29 is 8.42 Å². The highest BCUT2D eigenvalue weighted by molar-refractivity contribution is 7.89. The molecule has 1 heterocycles. The van der Waals surface area contributed by atoms with E-state index in [-0.39, 0.29) is 4.90 Å². The molecule has 0 amide bonds. The molecular weight excluding hydrogens is 276 g/mol. The fraction of sp³-hybridized carbons (Fsp3) is 0.231. The molecule has 0 atom stereocenters. The molecule has 7 heteroatoms. The Morgan fingerprint density at radius 2 is 1.85 bits per heavy atom. The average molecular weight is 292 g/mol. The Balaban J connectivity index is 1.92. The third-order valence-electron chi connectivity index (χ3n) is 2.72. The molecule has 1 aromatic heterocycles. The van der Waals surface area contributed by atoms with Crippen LogP contribution in [0.1, 0.15) is 17.1 Å². The number of sulfonamides is 1. The summed E-state index contributed by atoms with van der Waals surface area (Å²) < 4.78 is 22.2. The fourth-order valence-corrected chi connectivity index (χ4v) is 2.25. The van der Waals surface area contributed by atoms with Gasteiger partial charge in [0.15, 0.2) is 0 Å². The van der Waals surface area contributed by atoms with E-state index in [4.69, 9.17) is 5.14 Å². The molecule has 0 bridgehead atoms. The molecule has 2 aromatic rings. The van der Waals surface area contributed by atoms with Crippen molar-refractivity contribution >= 4 is 10.0 Å². The van der Waals surface area contributed by atoms with Crippen LogP contribution in [0, 0.1) is 6.92 Å². The van der Waals surface area contributed by atoms with E-state index in [1.807, 2.05) is 13.0 Å². The van der Waals surface area contributed by atoms with Crippen LogP contribution in [0.25, 0.3) is 0 Å². The zero-order valence-corrected chi connectivity index (χ0v) is 11.9. The molecule has 0 spiro atoms. The summed E-state index contributed by atoms with van der Waals surface area (Å²) in [4.78, 5) is 8.43. The number of nitrogens with zero attached hydrogens (tertiary/aromatic N) is 2. The van der Waals surface area contributed by atoms with Crippen molar-refractivity contribution in [1.29, 1.82) is 0 Å². The highest BCUT2D eigenvalue weighted by Gasteiger charge is 2.06. The number of hydrogen-bond acceptors (Lipinski definition) is 5. The summed E-state index contributed by atoms with van der Waals surface area (Å²) in [6.07, 6.45) is 1.72. The zero-order valence-electron chi connectivity index (χ0n) is 11.1. The van der Waals surface area contributed by atoms with Crippen LogP contribution in [0.5, 0.6) is 0 Å². The van der Waals surface area contributed by atoms with Crippen LogP contribution in [0.3, 0.4) is 0 Å². The molecule has 0 saturated heterocycles. The van der Waals surface area contributed by atoms with Gasteiger partial charge < -0.3 is 5.32 Å². The lowest BCUT2D eigenvalue weighted by Crippen LogP contribution is -2.15. The van der Waals surface area contributed by atoms with Crippen LogP contribution in [-0.2, 0) is 23.1 Å². The number of hydrogen-bond donors (Lipinski definition) is 2. The summed E-state index contributed by atoms with van der Waals surface area (Å²) in [5.74, 6) is 0.738. The smallest absolute Gasteiger partial charge is 0.238 e. The number of nitrogens with one attached hydrogen (secondary N) is 1. The molecule has 0 aliphatic rings. The van der Waals surface area contributed by atoms with Crippen LogP contribution in [0.4, 0.5) is 0 Å². The lowest BCUT2D eigenvalue weighted by atomic mass is 10.2. The Morgan fingerprint density at radius 3 is 2.45 bits per heavy atom. The highest BCUT2D eigenvalue weighted by Crippen LogP contribution is 2.08. The summed E-state index contributed by atoms with van der Waals surface area (Å²) in [6.45, 7) is 3.09. The van der Waals surface area contributed by atoms with E-state index >= 15 is 0 Å². The van der Waals surface area contributed by atoms with Gasteiger partial charge in [-0.25, -0.2) is 23.5 Å². The first-order valence-electron chi connectivity index (χ1n) is 6.06. The number of nitrogens with two attached hydrogens (primary N) is 1. The third-order valence-corrected chi connectivity index (χ3v) is 3.65. The lowest BCUT2D eigenvalue weighted by molar-refractivity contribution is 0.597. The molecule has 6 nitrogen and oxygen atoms in total. The van der Waals surface area contributed by atoms with E-state index in [2.05, 4.69) is 15.3 Å². The topological polar surface area (TPSA) is 98.0 Å². The van der Waals surface area contributed by atoms with E-state index in [9.17, 15) is 8.42 Å². The molecule has 0 unspecified atom stereocenters. The van der Waals surface area contributed by atoms with Gasteiger partial charge >= 0.3 is 0 Å². The van der Waals surface area contributed by atoms with E-state index in [1.165, 1.54) is 12.1 Å². The van der Waals surface area contributed by atoms with Gasteiger partial charge in [0, 0.05) is 19.3 Å². The Kier molecular flexibility index (Phi) is 4.43. The second-order valence-electron chi connectivity index (χ2n) is 4.39. The fourth-order valence-electron chi connectivity index (χ4n) is 1.74. The minimum absolute atomic E-state index is 0.118. The Bertz CT molecular complexity index is 684. The van der Waals surface area contributed by atoms with Crippen LogP contribution in [-0.4, -0.2) is 18.4 Å². The van der Waals surface area contributed by atoms with E-state index in [0.717, 1.165) is 17.1 Å².